The van der Waals surface area contributed by atoms with E-state index in [0.717, 1.165) is 16.5 Å². The van der Waals surface area contributed by atoms with Crippen molar-refractivity contribution in [1.82, 2.24) is 14.4 Å². The van der Waals surface area contributed by atoms with Gasteiger partial charge in [0.2, 0.25) is 0 Å². The zero-order valence-electron chi connectivity index (χ0n) is 17.3. The lowest BCUT2D eigenvalue weighted by Gasteiger charge is -2.35. The molecule has 1 aliphatic carbocycles. The van der Waals surface area contributed by atoms with E-state index in [2.05, 4.69) is 0 Å². The number of aliphatic hydroxyl groups is 1. The van der Waals surface area contributed by atoms with E-state index in [1.807, 2.05) is 42.1 Å². The summed E-state index contributed by atoms with van der Waals surface area (Å²) in [6.07, 6.45) is 2.98. The Kier molecular flexibility index (Phi) is 4.59. The minimum absolute atomic E-state index is 0.0325. The van der Waals surface area contributed by atoms with Gasteiger partial charge in [-0.05, 0) is 54.3 Å². The molecule has 0 atom stereocenters. The highest BCUT2D eigenvalue weighted by atomic mass is 19.1. The number of amides is 2. The lowest BCUT2D eigenvalue weighted by Crippen LogP contribution is -2.53. The van der Waals surface area contributed by atoms with Gasteiger partial charge < -0.3 is 19.5 Å². The second kappa shape index (κ2) is 7.20. The first kappa shape index (κ1) is 19.8. The number of aryl methyl sites for hydroxylation is 1. The van der Waals surface area contributed by atoms with Crippen molar-refractivity contribution < 1.29 is 19.1 Å². The van der Waals surface area contributed by atoms with Gasteiger partial charge in [0.25, 0.3) is 11.8 Å². The Hall–Kier alpha value is -3.19. The summed E-state index contributed by atoms with van der Waals surface area (Å²) in [5, 5.41) is 11.1. The van der Waals surface area contributed by atoms with E-state index < -0.39 is 11.4 Å². The maximum atomic E-state index is 14.9. The summed E-state index contributed by atoms with van der Waals surface area (Å²) in [6.45, 7) is 1.35. The van der Waals surface area contributed by atoms with Gasteiger partial charge in [0.05, 0.1) is 5.56 Å². The van der Waals surface area contributed by atoms with Gasteiger partial charge >= 0.3 is 0 Å². The van der Waals surface area contributed by atoms with Gasteiger partial charge in [-0.25, -0.2) is 4.39 Å². The van der Waals surface area contributed by atoms with Gasteiger partial charge in [0.1, 0.15) is 11.4 Å². The Morgan fingerprint density at radius 2 is 1.58 bits per heavy atom. The van der Waals surface area contributed by atoms with E-state index >= 15 is 0 Å². The predicted molar refractivity (Wildman–Crippen MR) is 115 cm³/mol. The van der Waals surface area contributed by atoms with E-state index in [4.69, 9.17) is 0 Å². The number of halogens is 1. The van der Waals surface area contributed by atoms with Crippen molar-refractivity contribution in [3.8, 4) is 11.1 Å². The minimum atomic E-state index is -1.20. The van der Waals surface area contributed by atoms with Crippen molar-refractivity contribution >= 4 is 22.7 Å². The van der Waals surface area contributed by atoms with Gasteiger partial charge in [0.15, 0.2) is 0 Å². The fourth-order valence-electron chi connectivity index (χ4n) is 4.24. The molecule has 6 nitrogen and oxygen atoms in total. The lowest BCUT2D eigenvalue weighted by molar-refractivity contribution is -0.143. The average molecular weight is 421 g/mol. The van der Waals surface area contributed by atoms with Crippen molar-refractivity contribution in [2.45, 2.75) is 18.4 Å². The third-order valence-corrected chi connectivity index (χ3v) is 6.39. The first-order valence-electron chi connectivity index (χ1n) is 10.5. The van der Waals surface area contributed by atoms with E-state index in [9.17, 15) is 19.1 Å². The summed E-state index contributed by atoms with van der Waals surface area (Å²) in [5.41, 5.74) is 1.54. The van der Waals surface area contributed by atoms with Crippen LogP contribution in [-0.4, -0.2) is 63.1 Å². The smallest absolute Gasteiger partial charge is 0.256 e. The molecule has 1 N–H and O–H groups in total. The second-order valence-electron chi connectivity index (χ2n) is 8.51. The van der Waals surface area contributed by atoms with Crippen LogP contribution in [0.3, 0.4) is 0 Å². The average Bonchev–Trinajstić information content (AvgIpc) is 3.44. The van der Waals surface area contributed by atoms with Crippen LogP contribution in [0.4, 0.5) is 4.39 Å². The monoisotopic (exact) mass is 421 g/mol. The van der Waals surface area contributed by atoms with Crippen LogP contribution in [0.1, 0.15) is 23.2 Å². The Morgan fingerprint density at radius 1 is 0.935 bits per heavy atom. The molecule has 3 aromatic rings. The summed E-state index contributed by atoms with van der Waals surface area (Å²) >= 11 is 0. The largest absolute Gasteiger partial charge is 0.380 e. The molecule has 160 valence electrons. The number of carbonyl (C=O) groups excluding carboxylic acids is 2. The summed E-state index contributed by atoms with van der Waals surface area (Å²) in [7, 11) is 1.98. The second-order valence-corrected chi connectivity index (χ2v) is 8.51. The number of rotatable bonds is 3. The van der Waals surface area contributed by atoms with Crippen LogP contribution < -0.4 is 0 Å². The van der Waals surface area contributed by atoms with Crippen LogP contribution >= 0.6 is 0 Å². The van der Waals surface area contributed by atoms with Gasteiger partial charge in [-0.15, -0.1) is 0 Å². The summed E-state index contributed by atoms with van der Waals surface area (Å²) < 4.78 is 16.9. The molecule has 0 bridgehead atoms. The molecule has 2 amide bonds. The van der Waals surface area contributed by atoms with Crippen molar-refractivity contribution in [2.24, 2.45) is 7.05 Å². The third kappa shape index (κ3) is 3.49. The molecule has 1 saturated carbocycles. The van der Waals surface area contributed by atoms with Crippen LogP contribution in [0.15, 0.2) is 48.7 Å². The molecule has 5 rings (SSSR count). The molecule has 31 heavy (non-hydrogen) atoms. The molecule has 7 heteroatoms. The van der Waals surface area contributed by atoms with Gasteiger partial charge in [-0.3, -0.25) is 9.59 Å². The van der Waals surface area contributed by atoms with Crippen molar-refractivity contribution in [3.63, 3.8) is 0 Å². The maximum Gasteiger partial charge on any atom is 0.256 e. The highest BCUT2D eigenvalue weighted by molar-refractivity contribution is 5.96. The Balaban J connectivity index is 1.30. The number of benzene rings is 2. The first-order valence-corrected chi connectivity index (χ1v) is 10.5. The Morgan fingerprint density at radius 3 is 2.26 bits per heavy atom. The molecular weight excluding hydrogens is 397 g/mol. The summed E-state index contributed by atoms with van der Waals surface area (Å²) in [6, 6.07) is 12.7. The molecule has 0 unspecified atom stereocenters. The number of fused-ring (bicyclic) bond motifs is 1. The van der Waals surface area contributed by atoms with Crippen LogP contribution in [0.25, 0.3) is 22.0 Å². The minimum Gasteiger partial charge on any atom is -0.380 e. The third-order valence-electron chi connectivity index (χ3n) is 6.39. The van der Waals surface area contributed by atoms with Crippen molar-refractivity contribution in [1.29, 1.82) is 0 Å². The standard InChI is InChI=1S/C24H24FN3O3/c1-26-9-6-18-14-16(3-5-21(18)26)17-2-4-19(20(25)15-17)22(29)27-10-12-28(13-11-27)23(30)24(31)7-8-24/h2-6,9,14-15,31H,7-8,10-13H2,1H3. The quantitative estimate of drug-likeness (QED) is 0.707. The maximum absolute atomic E-state index is 14.9. The highest BCUT2D eigenvalue weighted by Crippen LogP contribution is 2.37. The van der Waals surface area contributed by atoms with Gasteiger partial charge in [0, 0.05) is 50.3 Å². The molecule has 1 saturated heterocycles. The number of carbonyl (C=O) groups is 2. The molecule has 2 aromatic carbocycles. The molecule has 0 radical (unpaired) electrons. The summed E-state index contributed by atoms with van der Waals surface area (Å²) in [4.78, 5) is 28.3. The molecule has 1 aliphatic heterocycles. The normalized spacial score (nSPS) is 17.8. The topological polar surface area (TPSA) is 65.8 Å². The number of hydrogen-bond acceptors (Lipinski definition) is 3. The summed E-state index contributed by atoms with van der Waals surface area (Å²) in [5.74, 6) is -1.19. The number of aromatic nitrogens is 1. The van der Waals surface area contributed by atoms with Gasteiger partial charge in [-0.2, -0.15) is 0 Å². The molecule has 0 spiro atoms. The van der Waals surface area contributed by atoms with Crippen molar-refractivity contribution in [3.05, 3.63) is 60.0 Å². The van der Waals surface area contributed by atoms with E-state index in [0.29, 0.717) is 44.6 Å². The fraction of sp³-hybridized carbons (Fsp3) is 0.333. The zero-order valence-corrected chi connectivity index (χ0v) is 17.3. The number of hydrogen-bond donors (Lipinski definition) is 1. The van der Waals surface area contributed by atoms with Crippen LogP contribution in [0.2, 0.25) is 0 Å². The van der Waals surface area contributed by atoms with Crippen LogP contribution in [0.5, 0.6) is 0 Å². The number of piperazine rings is 1. The molecule has 2 aliphatic rings. The fourth-order valence-corrected chi connectivity index (χ4v) is 4.24. The predicted octanol–water partition coefficient (Wildman–Crippen LogP) is 2.79. The van der Waals surface area contributed by atoms with Crippen LogP contribution in [-0.2, 0) is 11.8 Å². The zero-order chi connectivity index (χ0) is 21.8. The van der Waals surface area contributed by atoms with Gasteiger partial charge in [-0.1, -0.05) is 12.1 Å². The van der Waals surface area contributed by atoms with Crippen LogP contribution in [0, 0.1) is 5.82 Å². The van der Waals surface area contributed by atoms with E-state index in [-0.39, 0.29) is 17.4 Å². The molecular formula is C24H24FN3O3. The molecule has 2 heterocycles. The first-order chi connectivity index (χ1) is 14.9. The molecule has 1 aromatic heterocycles. The Labute approximate surface area is 179 Å². The highest BCUT2D eigenvalue weighted by Gasteiger charge is 2.50. The van der Waals surface area contributed by atoms with Crippen molar-refractivity contribution in [2.75, 3.05) is 26.2 Å². The Bertz CT molecular complexity index is 1190. The molecule has 2 fully saturated rings. The SMILES string of the molecule is Cn1ccc2cc(-c3ccc(C(=O)N4CCN(C(=O)C5(O)CC5)CC4)c(F)c3)ccc21. The van der Waals surface area contributed by atoms with E-state index in [1.54, 1.807) is 15.9 Å². The lowest BCUT2D eigenvalue weighted by atomic mass is 10.0. The van der Waals surface area contributed by atoms with E-state index in [1.165, 1.54) is 12.1 Å². The number of nitrogens with zero attached hydrogens (tertiary/aromatic N) is 3.